The third kappa shape index (κ3) is 2.44. The summed E-state index contributed by atoms with van der Waals surface area (Å²) in [4.78, 5) is 0. The van der Waals surface area contributed by atoms with Gasteiger partial charge in [-0.3, -0.25) is 0 Å². The molecule has 1 aliphatic heterocycles. The Bertz CT molecular complexity index is 80.3. The lowest BCUT2D eigenvalue weighted by Crippen LogP contribution is -2.25. The van der Waals surface area contributed by atoms with Gasteiger partial charge in [0.05, 0.1) is 12.3 Å². The van der Waals surface area contributed by atoms with E-state index in [9.17, 15) is 0 Å². The molecule has 9 heavy (non-hydrogen) atoms. The van der Waals surface area contributed by atoms with Gasteiger partial charge in [0.1, 0.15) is 5.91 Å². The first-order chi connectivity index (χ1) is 4.36. The average molecular weight is 146 g/mol. The molecule has 2 radical (unpaired) electrons. The Labute approximate surface area is 57.1 Å². The molecule has 0 aromatic carbocycles. The zero-order valence-corrected chi connectivity index (χ0v) is 6.59. The first-order valence-electron chi connectivity index (χ1n) is 2.80. The monoisotopic (exact) mass is 146 g/mol. The van der Waals surface area contributed by atoms with E-state index < -0.39 is 0 Å². The molecule has 1 unspecified atom stereocenters. The topological polar surface area (TPSA) is 31.0 Å². The van der Waals surface area contributed by atoms with E-state index in [1.165, 1.54) is 0 Å². The van der Waals surface area contributed by atoms with Crippen LogP contribution >= 0.6 is 0 Å². The number of rotatable bonds is 4. The van der Waals surface area contributed by atoms with Gasteiger partial charge in [0.25, 0.3) is 0 Å². The summed E-state index contributed by atoms with van der Waals surface area (Å²) in [6.07, 6.45) is 0. The highest BCUT2D eigenvalue weighted by atomic mass is 28.2. The van der Waals surface area contributed by atoms with Gasteiger partial charge in [-0.05, 0) is 0 Å². The highest BCUT2D eigenvalue weighted by Crippen LogP contribution is 2.08. The summed E-state index contributed by atoms with van der Waals surface area (Å²) in [5, 5.41) is 0. The van der Waals surface area contributed by atoms with Crippen molar-refractivity contribution in [3.63, 3.8) is 0 Å². The summed E-state index contributed by atoms with van der Waals surface area (Å²) in [5.41, 5.74) is 0.412. The first kappa shape index (κ1) is 7.21. The van der Waals surface area contributed by atoms with Crippen LogP contribution in [0.3, 0.4) is 0 Å². The van der Waals surface area contributed by atoms with Crippen molar-refractivity contribution in [1.29, 1.82) is 0 Å². The molecule has 0 aromatic heterocycles. The van der Waals surface area contributed by atoms with Crippen molar-refractivity contribution in [2.75, 3.05) is 20.8 Å². The molecule has 1 heterocycles. The highest BCUT2D eigenvalue weighted by Gasteiger charge is 2.27. The van der Waals surface area contributed by atoms with E-state index in [2.05, 4.69) is 0 Å². The molecule has 4 heteroatoms. The number of hydrogen-bond donors (Lipinski definition) is 0. The molecule has 0 aromatic rings. The molecule has 0 saturated carbocycles. The Morgan fingerprint density at radius 3 is 2.44 bits per heavy atom. The molecule has 52 valence electrons. The molecule has 1 aliphatic rings. The standard InChI is InChI=1S/C5H10O3Si/c1-6-5(7-2)9-4-3-8-4/h4-5H,3H2,1-2H3. The summed E-state index contributed by atoms with van der Waals surface area (Å²) >= 11 is 0. The van der Waals surface area contributed by atoms with Crippen molar-refractivity contribution in [2.45, 2.75) is 11.6 Å². The Morgan fingerprint density at radius 2 is 2.11 bits per heavy atom. The van der Waals surface area contributed by atoms with Gasteiger partial charge in [0, 0.05) is 14.2 Å². The van der Waals surface area contributed by atoms with Crippen LogP contribution in [0.5, 0.6) is 0 Å². The van der Waals surface area contributed by atoms with Crippen LogP contribution in [0.2, 0.25) is 0 Å². The van der Waals surface area contributed by atoms with E-state index in [1.54, 1.807) is 14.2 Å². The van der Waals surface area contributed by atoms with Gasteiger partial charge in [-0.25, -0.2) is 0 Å². The van der Waals surface area contributed by atoms with Crippen molar-refractivity contribution in [2.24, 2.45) is 0 Å². The van der Waals surface area contributed by atoms with Crippen LogP contribution in [0.1, 0.15) is 0 Å². The van der Waals surface area contributed by atoms with Crippen LogP contribution < -0.4 is 0 Å². The van der Waals surface area contributed by atoms with Crippen LogP contribution in [-0.4, -0.2) is 42.0 Å². The van der Waals surface area contributed by atoms with Crippen LogP contribution in [-0.2, 0) is 14.2 Å². The van der Waals surface area contributed by atoms with Gasteiger partial charge < -0.3 is 14.2 Å². The summed E-state index contributed by atoms with van der Waals surface area (Å²) < 4.78 is 14.9. The summed E-state index contributed by atoms with van der Waals surface area (Å²) in [6.45, 7) is 0.877. The van der Waals surface area contributed by atoms with Gasteiger partial charge in [-0.1, -0.05) is 0 Å². The van der Waals surface area contributed by atoms with Crippen molar-refractivity contribution in [1.82, 2.24) is 0 Å². The van der Waals surface area contributed by atoms with Crippen LogP contribution in [0.4, 0.5) is 0 Å². The fourth-order valence-electron chi connectivity index (χ4n) is 0.528. The minimum absolute atomic E-state index is 0.0579. The van der Waals surface area contributed by atoms with Crippen LogP contribution in [0, 0.1) is 0 Å². The second kappa shape index (κ2) is 3.31. The van der Waals surface area contributed by atoms with Gasteiger partial charge in [0.2, 0.25) is 0 Å². The van der Waals surface area contributed by atoms with E-state index in [-0.39, 0.29) is 5.91 Å². The molecule has 0 N–H and O–H groups in total. The zero-order chi connectivity index (χ0) is 6.69. The van der Waals surface area contributed by atoms with Gasteiger partial charge in [0.15, 0.2) is 9.52 Å². The maximum atomic E-state index is 4.99. The lowest BCUT2D eigenvalue weighted by Gasteiger charge is -2.09. The Hall–Kier alpha value is 0.0969. The molecule has 1 rings (SSSR count). The molecular weight excluding hydrogens is 136 g/mol. The van der Waals surface area contributed by atoms with E-state index in [1.807, 2.05) is 0 Å². The van der Waals surface area contributed by atoms with Crippen LogP contribution in [0.25, 0.3) is 0 Å². The van der Waals surface area contributed by atoms with Crippen molar-refractivity contribution >= 4 is 9.52 Å². The fraction of sp³-hybridized carbons (Fsp3) is 1.00. The molecule has 1 fully saturated rings. The highest BCUT2D eigenvalue weighted by molar-refractivity contribution is 6.39. The smallest absolute Gasteiger partial charge is 0.157 e. The molecule has 3 nitrogen and oxygen atoms in total. The third-order valence-corrected chi connectivity index (χ3v) is 2.53. The van der Waals surface area contributed by atoms with Gasteiger partial charge in [-0.15, -0.1) is 0 Å². The largest absolute Gasteiger partial charge is 0.377 e. The van der Waals surface area contributed by atoms with Gasteiger partial charge in [-0.2, -0.15) is 0 Å². The maximum absolute atomic E-state index is 4.99. The molecule has 0 spiro atoms. The minimum Gasteiger partial charge on any atom is -0.377 e. The summed E-state index contributed by atoms with van der Waals surface area (Å²) in [5.74, 6) is -0.0579. The average Bonchev–Trinajstić information content (AvgIpc) is 2.66. The Kier molecular flexibility index (Phi) is 2.65. The third-order valence-electron chi connectivity index (χ3n) is 1.08. The molecule has 1 atom stereocenters. The number of epoxide rings is 1. The van der Waals surface area contributed by atoms with E-state index in [0.717, 1.165) is 6.61 Å². The summed E-state index contributed by atoms with van der Waals surface area (Å²) in [7, 11) is 3.91. The lowest BCUT2D eigenvalue weighted by molar-refractivity contribution is -0.0447. The second-order valence-electron chi connectivity index (χ2n) is 1.79. The van der Waals surface area contributed by atoms with Crippen molar-refractivity contribution in [3.8, 4) is 0 Å². The molecular formula is C5H10O3Si. The van der Waals surface area contributed by atoms with Crippen molar-refractivity contribution < 1.29 is 14.2 Å². The first-order valence-corrected chi connectivity index (χ1v) is 3.95. The minimum atomic E-state index is -0.0579. The predicted octanol–water partition coefficient (Wildman–Crippen LogP) is -0.377. The molecule has 0 amide bonds. The summed E-state index contributed by atoms with van der Waals surface area (Å²) in [6, 6.07) is 0. The predicted molar refractivity (Wildman–Crippen MR) is 33.3 cm³/mol. The lowest BCUT2D eigenvalue weighted by atomic mass is 11.0. The molecule has 1 saturated heterocycles. The zero-order valence-electron chi connectivity index (χ0n) is 5.59. The van der Waals surface area contributed by atoms with Gasteiger partial charge >= 0.3 is 0 Å². The number of hydrogen-bond acceptors (Lipinski definition) is 3. The molecule has 0 aliphatic carbocycles. The van der Waals surface area contributed by atoms with E-state index in [0.29, 0.717) is 15.2 Å². The Morgan fingerprint density at radius 1 is 1.56 bits per heavy atom. The maximum Gasteiger partial charge on any atom is 0.157 e. The Balaban J connectivity index is 2.05. The second-order valence-corrected chi connectivity index (χ2v) is 3.24. The van der Waals surface area contributed by atoms with E-state index in [4.69, 9.17) is 14.2 Å². The molecule has 0 bridgehead atoms. The van der Waals surface area contributed by atoms with Crippen LogP contribution in [0.15, 0.2) is 0 Å². The quantitative estimate of drug-likeness (QED) is 0.308. The SMILES string of the molecule is COC(OC)[Si]C1CO1. The number of methoxy groups -OCH3 is 2. The fourth-order valence-corrected chi connectivity index (χ4v) is 1.39. The van der Waals surface area contributed by atoms with Crippen molar-refractivity contribution in [3.05, 3.63) is 0 Å². The van der Waals surface area contributed by atoms with E-state index >= 15 is 0 Å². The number of ether oxygens (including phenoxy) is 3. The normalized spacial score (nSPS) is 25.0.